The summed E-state index contributed by atoms with van der Waals surface area (Å²) in [6.45, 7) is 1.36. The van der Waals surface area contributed by atoms with Gasteiger partial charge in [0.2, 0.25) is 17.8 Å². The van der Waals surface area contributed by atoms with Crippen LogP contribution in [0.15, 0.2) is 59.5 Å². The molecule has 3 N–H and O–H groups in total. The highest BCUT2D eigenvalue weighted by Crippen LogP contribution is 2.30. The van der Waals surface area contributed by atoms with E-state index < -0.39 is 16.1 Å². The Labute approximate surface area is 172 Å². The minimum absolute atomic E-state index is 0.0204. The molecule has 30 heavy (non-hydrogen) atoms. The van der Waals surface area contributed by atoms with Crippen molar-refractivity contribution in [1.29, 1.82) is 0 Å². The van der Waals surface area contributed by atoms with Crippen LogP contribution in [0.4, 0.5) is 17.6 Å². The molecule has 0 saturated heterocycles. The Morgan fingerprint density at radius 3 is 2.50 bits per heavy atom. The van der Waals surface area contributed by atoms with Gasteiger partial charge in [-0.05, 0) is 29.8 Å². The zero-order chi connectivity index (χ0) is 21.3. The summed E-state index contributed by atoms with van der Waals surface area (Å²) in [6, 6.07) is 14.6. The molecule has 0 saturated carbocycles. The number of carbonyl (C=O) groups is 2. The number of anilines is 3. The molecule has 0 radical (unpaired) electrons. The van der Waals surface area contributed by atoms with Crippen molar-refractivity contribution in [1.82, 2.24) is 14.8 Å². The molecule has 10 nitrogen and oxygen atoms in total. The van der Waals surface area contributed by atoms with Crippen LogP contribution < -0.4 is 15.4 Å². The molecule has 1 atom stereocenters. The molecule has 2 aromatic carbocycles. The predicted molar refractivity (Wildman–Crippen MR) is 109 cm³/mol. The highest BCUT2D eigenvalue weighted by molar-refractivity contribution is 7.92. The van der Waals surface area contributed by atoms with Crippen molar-refractivity contribution in [3.05, 3.63) is 60.2 Å². The van der Waals surface area contributed by atoms with Gasteiger partial charge in [0, 0.05) is 12.6 Å². The SMILES string of the molecule is CC(=O)Nc1ccc(S(=O)(=O)Nc2nc3n(n2)[C@@H](c2ccccc2)CC(=O)N3)cc1. The summed E-state index contributed by atoms with van der Waals surface area (Å²) in [6.07, 6.45) is 0.164. The fraction of sp³-hybridized carbons (Fsp3) is 0.158. The summed E-state index contributed by atoms with van der Waals surface area (Å²) in [4.78, 5) is 27.3. The van der Waals surface area contributed by atoms with Crippen LogP contribution in [0.2, 0.25) is 0 Å². The molecule has 0 bridgehead atoms. The van der Waals surface area contributed by atoms with Gasteiger partial charge in [0.1, 0.15) is 0 Å². The second-order valence-electron chi connectivity index (χ2n) is 6.69. The van der Waals surface area contributed by atoms with Crippen molar-refractivity contribution < 1.29 is 18.0 Å². The molecule has 0 aliphatic carbocycles. The van der Waals surface area contributed by atoms with Gasteiger partial charge < -0.3 is 5.32 Å². The van der Waals surface area contributed by atoms with E-state index in [0.29, 0.717) is 5.69 Å². The van der Waals surface area contributed by atoms with E-state index in [2.05, 4.69) is 25.4 Å². The van der Waals surface area contributed by atoms with Crippen molar-refractivity contribution in [3.63, 3.8) is 0 Å². The zero-order valence-electron chi connectivity index (χ0n) is 15.9. The molecule has 11 heteroatoms. The minimum atomic E-state index is -3.97. The summed E-state index contributed by atoms with van der Waals surface area (Å²) in [5.41, 5.74) is 1.34. The van der Waals surface area contributed by atoms with Gasteiger partial charge in [-0.2, -0.15) is 4.98 Å². The highest BCUT2D eigenvalue weighted by Gasteiger charge is 2.30. The molecule has 3 aromatic rings. The van der Waals surface area contributed by atoms with Gasteiger partial charge in [-0.1, -0.05) is 30.3 Å². The van der Waals surface area contributed by atoms with Crippen LogP contribution in [0, 0.1) is 0 Å². The van der Waals surface area contributed by atoms with Gasteiger partial charge in [0.05, 0.1) is 17.4 Å². The molecule has 0 fully saturated rings. The van der Waals surface area contributed by atoms with Crippen LogP contribution in [0.1, 0.15) is 24.9 Å². The number of fused-ring (bicyclic) bond motifs is 1. The lowest BCUT2D eigenvalue weighted by Gasteiger charge is -2.23. The van der Waals surface area contributed by atoms with Crippen molar-refractivity contribution in [3.8, 4) is 0 Å². The summed E-state index contributed by atoms with van der Waals surface area (Å²) in [5, 5.41) is 9.43. The van der Waals surface area contributed by atoms with E-state index in [1.807, 2.05) is 30.3 Å². The van der Waals surface area contributed by atoms with E-state index in [4.69, 9.17) is 0 Å². The van der Waals surface area contributed by atoms with Crippen LogP contribution in [0.25, 0.3) is 0 Å². The van der Waals surface area contributed by atoms with Crippen LogP contribution in [-0.2, 0) is 19.6 Å². The number of benzene rings is 2. The number of rotatable bonds is 5. The Morgan fingerprint density at radius 2 is 1.83 bits per heavy atom. The first kappa shape index (κ1) is 19.6. The monoisotopic (exact) mass is 426 g/mol. The number of nitrogens with zero attached hydrogens (tertiary/aromatic N) is 3. The third-order valence-corrected chi connectivity index (χ3v) is 5.80. The molecule has 2 amide bonds. The summed E-state index contributed by atoms with van der Waals surface area (Å²) < 4.78 is 29.2. The van der Waals surface area contributed by atoms with Crippen LogP contribution >= 0.6 is 0 Å². The van der Waals surface area contributed by atoms with Gasteiger partial charge in [-0.25, -0.2) is 17.8 Å². The number of hydrogen-bond acceptors (Lipinski definition) is 6. The normalized spacial score (nSPS) is 15.8. The Balaban J connectivity index is 1.60. The second-order valence-corrected chi connectivity index (χ2v) is 8.38. The molecule has 2 heterocycles. The summed E-state index contributed by atoms with van der Waals surface area (Å²) in [7, 11) is -3.97. The van der Waals surface area contributed by atoms with Crippen molar-refractivity contribution in [2.24, 2.45) is 0 Å². The van der Waals surface area contributed by atoms with Crippen molar-refractivity contribution in [2.75, 3.05) is 15.4 Å². The average molecular weight is 426 g/mol. The van der Waals surface area contributed by atoms with Crippen LogP contribution in [0.5, 0.6) is 0 Å². The third kappa shape index (κ3) is 4.01. The standard InChI is InChI=1S/C19H18N6O4S/c1-12(26)20-14-7-9-15(10-8-14)30(28,29)24-18-22-19-21-17(27)11-16(25(19)23-18)13-5-3-2-4-6-13/h2-10,16H,11H2,1H3,(H,20,26)(H2,21,22,23,24,27)/t16-/m1/s1. The zero-order valence-corrected chi connectivity index (χ0v) is 16.7. The molecular formula is C19H18N6O4S. The molecule has 1 aromatic heterocycles. The molecule has 1 aliphatic rings. The topological polar surface area (TPSA) is 135 Å². The maximum Gasteiger partial charge on any atom is 0.264 e. The van der Waals surface area contributed by atoms with Gasteiger partial charge in [-0.3, -0.25) is 14.9 Å². The number of amides is 2. The lowest BCUT2D eigenvalue weighted by Crippen LogP contribution is -2.29. The van der Waals surface area contributed by atoms with E-state index in [-0.39, 0.29) is 35.0 Å². The molecule has 0 spiro atoms. The Morgan fingerprint density at radius 1 is 1.13 bits per heavy atom. The maximum atomic E-state index is 12.7. The van der Waals surface area contributed by atoms with Gasteiger partial charge in [-0.15, -0.1) is 5.10 Å². The van der Waals surface area contributed by atoms with E-state index >= 15 is 0 Å². The third-order valence-electron chi connectivity index (χ3n) is 4.45. The van der Waals surface area contributed by atoms with E-state index in [1.165, 1.54) is 35.9 Å². The molecular weight excluding hydrogens is 408 g/mol. The number of sulfonamides is 1. The number of nitrogens with one attached hydrogen (secondary N) is 3. The predicted octanol–water partition coefficient (Wildman–Crippen LogP) is 1.97. The largest absolute Gasteiger partial charge is 0.326 e. The van der Waals surface area contributed by atoms with Gasteiger partial charge in [0.15, 0.2) is 0 Å². The average Bonchev–Trinajstić information content (AvgIpc) is 3.09. The molecule has 154 valence electrons. The first-order chi connectivity index (χ1) is 14.3. The first-order valence-electron chi connectivity index (χ1n) is 9.03. The summed E-state index contributed by atoms with van der Waals surface area (Å²) >= 11 is 0. The minimum Gasteiger partial charge on any atom is -0.326 e. The van der Waals surface area contributed by atoms with Gasteiger partial charge in [0.25, 0.3) is 16.0 Å². The number of aromatic nitrogens is 3. The van der Waals surface area contributed by atoms with Crippen LogP contribution in [0.3, 0.4) is 0 Å². The van der Waals surface area contributed by atoms with E-state index in [0.717, 1.165) is 5.56 Å². The van der Waals surface area contributed by atoms with Gasteiger partial charge >= 0.3 is 0 Å². The highest BCUT2D eigenvalue weighted by atomic mass is 32.2. The number of hydrogen-bond donors (Lipinski definition) is 3. The van der Waals surface area contributed by atoms with Crippen molar-refractivity contribution in [2.45, 2.75) is 24.3 Å². The fourth-order valence-electron chi connectivity index (χ4n) is 3.14. The fourth-order valence-corrected chi connectivity index (χ4v) is 4.08. The Hall–Kier alpha value is -3.73. The quantitative estimate of drug-likeness (QED) is 0.571. The van der Waals surface area contributed by atoms with Crippen molar-refractivity contribution >= 4 is 39.4 Å². The molecule has 4 rings (SSSR count). The molecule has 1 aliphatic heterocycles. The second kappa shape index (κ2) is 7.59. The lowest BCUT2D eigenvalue weighted by molar-refractivity contribution is -0.117. The van der Waals surface area contributed by atoms with Crippen LogP contribution in [-0.4, -0.2) is 35.0 Å². The number of carbonyl (C=O) groups excluding carboxylic acids is 2. The van der Waals surface area contributed by atoms with E-state index in [1.54, 1.807) is 0 Å². The first-order valence-corrected chi connectivity index (χ1v) is 10.5. The summed E-state index contributed by atoms with van der Waals surface area (Å²) in [5.74, 6) is -0.476. The Kier molecular flexibility index (Phi) is 4.96. The van der Waals surface area contributed by atoms with E-state index in [9.17, 15) is 18.0 Å². The maximum absolute atomic E-state index is 12.7. The Bertz CT molecular complexity index is 1210. The lowest BCUT2D eigenvalue weighted by atomic mass is 10.0. The smallest absolute Gasteiger partial charge is 0.264 e. The molecule has 0 unspecified atom stereocenters.